The summed E-state index contributed by atoms with van der Waals surface area (Å²) in [7, 11) is 0. The van der Waals surface area contributed by atoms with E-state index in [9.17, 15) is 0 Å². The number of aryl methyl sites for hydroxylation is 2. The van der Waals surface area contributed by atoms with E-state index in [0.717, 1.165) is 17.3 Å². The molecule has 1 saturated carbocycles. The van der Waals surface area contributed by atoms with Crippen LogP contribution in [0.4, 0.5) is 0 Å². The largest absolute Gasteiger partial charge is 0.466 e. The average molecular weight is 261 g/mol. The predicted octanol–water partition coefficient (Wildman–Crippen LogP) is 3.01. The molecule has 5 heteroatoms. The zero-order valence-electron chi connectivity index (χ0n) is 11.6. The summed E-state index contributed by atoms with van der Waals surface area (Å²) >= 11 is 0. The topological polar surface area (TPSA) is 64.1 Å². The Bertz CT molecular complexity index is 569. The lowest BCUT2D eigenvalue weighted by atomic mass is 10.1. The van der Waals surface area contributed by atoms with Gasteiger partial charge in [-0.25, -0.2) is 0 Å². The Morgan fingerprint density at radius 1 is 1.42 bits per heavy atom. The van der Waals surface area contributed by atoms with Crippen LogP contribution in [0.2, 0.25) is 0 Å². The summed E-state index contributed by atoms with van der Waals surface area (Å²) in [4.78, 5) is 4.40. The van der Waals surface area contributed by atoms with Crippen LogP contribution in [0.1, 0.15) is 60.5 Å². The normalized spacial score (nSPS) is 16.8. The Morgan fingerprint density at radius 3 is 2.84 bits per heavy atom. The van der Waals surface area contributed by atoms with Gasteiger partial charge in [-0.05, 0) is 39.7 Å². The molecule has 0 radical (unpaired) electrons. The van der Waals surface area contributed by atoms with Gasteiger partial charge in [-0.3, -0.25) is 0 Å². The Hall–Kier alpha value is -1.62. The highest BCUT2D eigenvalue weighted by Gasteiger charge is 2.28. The molecule has 102 valence electrons. The molecule has 0 aromatic carbocycles. The van der Waals surface area contributed by atoms with E-state index in [4.69, 9.17) is 8.94 Å². The van der Waals surface area contributed by atoms with Gasteiger partial charge in [-0.1, -0.05) is 5.16 Å². The molecule has 2 aromatic rings. The van der Waals surface area contributed by atoms with Gasteiger partial charge in [0.2, 0.25) is 5.89 Å². The summed E-state index contributed by atoms with van der Waals surface area (Å²) in [6.45, 7) is 6.64. The first-order valence-corrected chi connectivity index (χ1v) is 6.76. The summed E-state index contributed by atoms with van der Waals surface area (Å²) in [6.07, 6.45) is 2.38. The average Bonchev–Trinajstić information content (AvgIpc) is 3.02. The van der Waals surface area contributed by atoms with Gasteiger partial charge >= 0.3 is 0 Å². The molecule has 0 spiro atoms. The van der Waals surface area contributed by atoms with Crippen molar-refractivity contribution in [2.24, 2.45) is 0 Å². The van der Waals surface area contributed by atoms with Gasteiger partial charge in [0.05, 0.1) is 6.54 Å². The standard InChI is InChI=1S/C14H19N3O2/c1-8-6-12(10(3)18-8)9(2)15-7-13-16-14(17-19-13)11-4-5-11/h6,9,11,15H,4-5,7H2,1-3H3. The first-order chi connectivity index (χ1) is 9.13. The molecule has 0 bridgehead atoms. The molecule has 0 saturated heterocycles. The second-order valence-corrected chi connectivity index (χ2v) is 5.29. The van der Waals surface area contributed by atoms with Crippen molar-refractivity contribution in [1.82, 2.24) is 15.5 Å². The predicted molar refractivity (Wildman–Crippen MR) is 69.7 cm³/mol. The minimum Gasteiger partial charge on any atom is -0.466 e. The van der Waals surface area contributed by atoms with Crippen LogP contribution in [-0.4, -0.2) is 10.1 Å². The molecular formula is C14H19N3O2. The molecule has 1 atom stereocenters. The molecule has 19 heavy (non-hydrogen) atoms. The molecule has 1 unspecified atom stereocenters. The molecule has 1 N–H and O–H groups in total. The van der Waals surface area contributed by atoms with Crippen molar-refractivity contribution < 1.29 is 8.94 Å². The summed E-state index contributed by atoms with van der Waals surface area (Å²) in [5.41, 5.74) is 1.18. The quantitative estimate of drug-likeness (QED) is 0.896. The lowest BCUT2D eigenvalue weighted by molar-refractivity contribution is 0.355. The first-order valence-electron chi connectivity index (χ1n) is 6.76. The Balaban J connectivity index is 1.60. The van der Waals surface area contributed by atoms with Crippen molar-refractivity contribution in [2.45, 2.75) is 52.1 Å². The van der Waals surface area contributed by atoms with Crippen molar-refractivity contribution in [1.29, 1.82) is 0 Å². The van der Waals surface area contributed by atoms with Gasteiger partial charge in [0.1, 0.15) is 11.5 Å². The fourth-order valence-electron chi connectivity index (χ4n) is 2.28. The SMILES string of the molecule is Cc1cc(C(C)NCc2nc(C3CC3)no2)c(C)o1. The minimum absolute atomic E-state index is 0.203. The van der Waals surface area contributed by atoms with Crippen molar-refractivity contribution >= 4 is 0 Å². The Labute approximate surface area is 112 Å². The number of hydrogen-bond acceptors (Lipinski definition) is 5. The Kier molecular flexibility index (Phi) is 3.14. The van der Waals surface area contributed by atoms with Gasteiger partial charge < -0.3 is 14.3 Å². The molecule has 1 aliphatic carbocycles. The molecule has 5 nitrogen and oxygen atoms in total. The molecule has 0 aliphatic heterocycles. The number of nitrogens with zero attached hydrogens (tertiary/aromatic N) is 2. The molecule has 0 amide bonds. The molecule has 2 aromatic heterocycles. The maximum Gasteiger partial charge on any atom is 0.240 e. The van der Waals surface area contributed by atoms with Gasteiger partial charge in [-0.15, -0.1) is 0 Å². The first kappa shape index (κ1) is 12.4. The smallest absolute Gasteiger partial charge is 0.240 e. The second-order valence-electron chi connectivity index (χ2n) is 5.29. The fraction of sp³-hybridized carbons (Fsp3) is 0.571. The van der Waals surface area contributed by atoms with E-state index in [1.807, 2.05) is 13.8 Å². The van der Waals surface area contributed by atoms with Crippen LogP contribution in [0.3, 0.4) is 0 Å². The zero-order valence-corrected chi connectivity index (χ0v) is 11.6. The summed E-state index contributed by atoms with van der Waals surface area (Å²) in [6, 6.07) is 2.27. The Morgan fingerprint density at radius 2 is 2.21 bits per heavy atom. The third-order valence-corrected chi connectivity index (χ3v) is 3.53. The van der Waals surface area contributed by atoms with Crippen molar-refractivity contribution in [3.63, 3.8) is 0 Å². The van der Waals surface area contributed by atoms with Crippen LogP contribution in [0.25, 0.3) is 0 Å². The van der Waals surface area contributed by atoms with Gasteiger partial charge in [0.15, 0.2) is 5.82 Å². The summed E-state index contributed by atoms with van der Waals surface area (Å²) < 4.78 is 10.8. The van der Waals surface area contributed by atoms with E-state index in [1.165, 1.54) is 18.4 Å². The maximum absolute atomic E-state index is 5.54. The van der Waals surface area contributed by atoms with Crippen LogP contribution >= 0.6 is 0 Å². The van der Waals surface area contributed by atoms with Gasteiger partial charge in [-0.2, -0.15) is 4.98 Å². The summed E-state index contributed by atoms with van der Waals surface area (Å²) in [5.74, 6) is 3.96. The highest BCUT2D eigenvalue weighted by Crippen LogP contribution is 2.38. The molecule has 1 aliphatic rings. The lowest BCUT2D eigenvalue weighted by Crippen LogP contribution is -2.18. The van der Waals surface area contributed by atoms with Crippen LogP contribution in [0.15, 0.2) is 15.0 Å². The summed E-state index contributed by atoms with van der Waals surface area (Å²) in [5, 5.41) is 7.39. The highest BCUT2D eigenvalue weighted by molar-refractivity contribution is 5.23. The van der Waals surface area contributed by atoms with Gasteiger partial charge in [0, 0.05) is 17.5 Å². The van der Waals surface area contributed by atoms with E-state index < -0.39 is 0 Å². The van der Waals surface area contributed by atoms with Crippen molar-refractivity contribution in [3.05, 3.63) is 34.9 Å². The fourth-order valence-corrected chi connectivity index (χ4v) is 2.28. The van der Waals surface area contributed by atoms with Crippen LogP contribution in [0, 0.1) is 13.8 Å². The third-order valence-electron chi connectivity index (χ3n) is 3.53. The third kappa shape index (κ3) is 2.71. The number of nitrogens with one attached hydrogen (secondary N) is 1. The molecule has 3 rings (SSSR count). The zero-order chi connectivity index (χ0) is 13.4. The van der Waals surface area contributed by atoms with Crippen LogP contribution in [-0.2, 0) is 6.54 Å². The monoisotopic (exact) mass is 261 g/mol. The van der Waals surface area contributed by atoms with Gasteiger partial charge in [0.25, 0.3) is 0 Å². The molecular weight excluding hydrogens is 242 g/mol. The minimum atomic E-state index is 0.203. The lowest BCUT2D eigenvalue weighted by Gasteiger charge is -2.10. The number of aromatic nitrogens is 2. The number of rotatable bonds is 5. The number of furan rings is 1. The van der Waals surface area contributed by atoms with Crippen LogP contribution in [0.5, 0.6) is 0 Å². The van der Waals surface area contributed by atoms with E-state index in [-0.39, 0.29) is 6.04 Å². The van der Waals surface area contributed by atoms with Crippen molar-refractivity contribution in [3.8, 4) is 0 Å². The van der Waals surface area contributed by atoms with E-state index in [0.29, 0.717) is 18.4 Å². The van der Waals surface area contributed by atoms with E-state index in [2.05, 4.69) is 28.4 Å². The van der Waals surface area contributed by atoms with E-state index >= 15 is 0 Å². The maximum atomic E-state index is 5.54. The van der Waals surface area contributed by atoms with Crippen LogP contribution < -0.4 is 5.32 Å². The van der Waals surface area contributed by atoms with E-state index in [1.54, 1.807) is 0 Å². The highest BCUT2D eigenvalue weighted by atomic mass is 16.5. The van der Waals surface area contributed by atoms with Crippen molar-refractivity contribution in [2.75, 3.05) is 0 Å². The molecule has 2 heterocycles. The second kappa shape index (κ2) is 4.81. The number of hydrogen-bond donors (Lipinski definition) is 1. The molecule has 1 fully saturated rings.